The van der Waals surface area contributed by atoms with Gasteiger partial charge in [-0.3, -0.25) is 13.9 Å². The average molecular weight is 416 g/mol. The number of carbonyl (C=O) groups is 1. The van der Waals surface area contributed by atoms with Crippen LogP contribution in [0.1, 0.15) is 22.5 Å². The van der Waals surface area contributed by atoms with E-state index in [9.17, 15) is 9.59 Å². The van der Waals surface area contributed by atoms with Crippen LogP contribution in [0, 0.1) is 0 Å². The third-order valence-corrected chi connectivity index (χ3v) is 5.50. The molecule has 7 nitrogen and oxygen atoms in total. The van der Waals surface area contributed by atoms with Crippen LogP contribution in [-0.2, 0) is 18.3 Å². The number of thiophene rings is 1. The highest BCUT2D eigenvalue weighted by molar-refractivity contribution is 7.13. The molecule has 154 valence electrons. The Labute approximate surface area is 173 Å². The molecular weight excluding hydrogens is 390 g/mol. The van der Waals surface area contributed by atoms with Gasteiger partial charge in [-0.05, 0) is 35.6 Å². The molecule has 8 heteroatoms. The lowest BCUT2D eigenvalue weighted by atomic mass is 10.2. The summed E-state index contributed by atoms with van der Waals surface area (Å²) >= 11 is 1.50. The summed E-state index contributed by atoms with van der Waals surface area (Å²) < 4.78 is 13.3. The molecule has 1 amide bonds. The normalized spacial score (nSPS) is 10.9. The smallest absolute Gasteiger partial charge is 0.329 e. The fourth-order valence-electron chi connectivity index (χ4n) is 3.15. The van der Waals surface area contributed by atoms with Crippen LogP contribution in [0.15, 0.2) is 46.6 Å². The van der Waals surface area contributed by atoms with Crippen LogP contribution in [0.5, 0.6) is 5.75 Å². The van der Waals surface area contributed by atoms with Crippen molar-refractivity contribution in [2.75, 3.05) is 27.4 Å². The van der Waals surface area contributed by atoms with Gasteiger partial charge in [-0.2, -0.15) is 0 Å². The maximum Gasteiger partial charge on any atom is 0.329 e. The van der Waals surface area contributed by atoms with Gasteiger partial charge in [0.15, 0.2) is 0 Å². The Morgan fingerprint density at radius 3 is 2.55 bits per heavy atom. The van der Waals surface area contributed by atoms with Crippen LogP contribution in [0.25, 0.3) is 10.6 Å². The first-order valence-corrected chi connectivity index (χ1v) is 10.2. The quantitative estimate of drug-likeness (QED) is 0.546. The first-order chi connectivity index (χ1) is 14.1. The summed E-state index contributed by atoms with van der Waals surface area (Å²) in [6.07, 6.45) is 0.701. The molecule has 0 bridgehead atoms. The van der Waals surface area contributed by atoms with Crippen LogP contribution in [-0.4, -0.2) is 42.4 Å². The van der Waals surface area contributed by atoms with Crippen LogP contribution in [0.4, 0.5) is 0 Å². The number of benzene rings is 1. The SMILES string of the molecule is COCCCNC(=O)c1c(-c2cccs2)n(C)c(=O)n1Cc1ccc(OC)cc1. The number of methoxy groups -OCH3 is 2. The summed E-state index contributed by atoms with van der Waals surface area (Å²) in [5.41, 5.74) is 1.67. The van der Waals surface area contributed by atoms with Crippen molar-refractivity contribution >= 4 is 17.2 Å². The minimum atomic E-state index is -0.268. The molecule has 1 aromatic carbocycles. The largest absolute Gasteiger partial charge is 0.497 e. The second-order valence-corrected chi connectivity index (χ2v) is 7.50. The van der Waals surface area contributed by atoms with Crippen molar-refractivity contribution in [3.63, 3.8) is 0 Å². The number of aromatic nitrogens is 2. The number of amides is 1. The van der Waals surface area contributed by atoms with Crippen molar-refractivity contribution in [1.29, 1.82) is 0 Å². The maximum atomic E-state index is 13.1. The predicted molar refractivity (Wildman–Crippen MR) is 114 cm³/mol. The predicted octanol–water partition coefficient (Wildman–Crippen LogP) is 2.74. The van der Waals surface area contributed by atoms with E-state index in [0.717, 1.165) is 16.2 Å². The van der Waals surface area contributed by atoms with Crippen molar-refractivity contribution in [3.8, 4) is 16.3 Å². The summed E-state index contributed by atoms with van der Waals surface area (Å²) in [6.45, 7) is 1.33. The second kappa shape index (κ2) is 9.58. The van der Waals surface area contributed by atoms with Crippen molar-refractivity contribution < 1.29 is 14.3 Å². The molecule has 0 radical (unpaired) electrons. The van der Waals surface area contributed by atoms with E-state index < -0.39 is 0 Å². The number of rotatable bonds is 9. The fourth-order valence-corrected chi connectivity index (χ4v) is 3.95. The molecule has 3 aromatic rings. The molecule has 29 heavy (non-hydrogen) atoms. The zero-order valence-electron chi connectivity index (χ0n) is 16.8. The lowest BCUT2D eigenvalue weighted by Crippen LogP contribution is -2.31. The molecule has 0 spiro atoms. The molecule has 0 saturated heterocycles. The van der Waals surface area contributed by atoms with E-state index in [2.05, 4.69) is 5.32 Å². The number of carbonyl (C=O) groups excluding carboxylic acids is 1. The third-order valence-electron chi connectivity index (χ3n) is 4.63. The summed E-state index contributed by atoms with van der Waals surface area (Å²) in [5.74, 6) is 0.472. The molecule has 2 heterocycles. The van der Waals surface area contributed by atoms with E-state index in [-0.39, 0.29) is 11.6 Å². The Morgan fingerprint density at radius 2 is 1.93 bits per heavy atom. The molecular formula is C21H25N3O4S. The zero-order chi connectivity index (χ0) is 20.8. The molecule has 0 saturated carbocycles. The van der Waals surface area contributed by atoms with Gasteiger partial charge in [0.05, 0.1) is 24.2 Å². The Kier molecular flexibility index (Phi) is 6.90. The molecule has 3 rings (SSSR count). The third kappa shape index (κ3) is 4.60. The van der Waals surface area contributed by atoms with E-state index in [0.29, 0.717) is 37.5 Å². The monoisotopic (exact) mass is 415 g/mol. The van der Waals surface area contributed by atoms with Crippen LogP contribution in [0.2, 0.25) is 0 Å². The highest BCUT2D eigenvalue weighted by atomic mass is 32.1. The van der Waals surface area contributed by atoms with E-state index in [1.54, 1.807) is 25.8 Å². The molecule has 2 aromatic heterocycles. The van der Waals surface area contributed by atoms with Crippen LogP contribution < -0.4 is 15.7 Å². The topological polar surface area (TPSA) is 74.5 Å². The molecule has 0 unspecified atom stereocenters. The van der Waals surface area contributed by atoms with Crippen molar-refractivity contribution in [2.45, 2.75) is 13.0 Å². The zero-order valence-corrected chi connectivity index (χ0v) is 17.6. The minimum Gasteiger partial charge on any atom is -0.497 e. The van der Waals surface area contributed by atoms with Crippen molar-refractivity contribution in [3.05, 3.63) is 63.5 Å². The lowest BCUT2D eigenvalue weighted by molar-refractivity contribution is 0.0940. The van der Waals surface area contributed by atoms with E-state index in [1.807, 2.05) is 41.8 Å². The Hall–Kier alpha value is -2.84. The van der Waals surface area contributed by atoms with Gasteiger partial charge in [-0.15, -0.1) is 11.3 Å². The van der Waals surface area contributed by atoms with Gasteiger partial charge in [-0.25, -0.2) is 4.79 Å². The van der Waals surface area contributed by atoms with Crippen molar-refractivity contribution in [1.82, 2.24) is 14.5 Å². The van der Waals surface area contributed by atoms with Crippen LogP contribution >= 0.6 is 11.3 Å². The Bertz CT molecular complexity index is 1000. The number of imidazole rings is 1. The number of nitrogens with one attached hydrogen (secondary N) is 1. The Morgan fingerprint density at radius 1 is 1.17 bits per heavy atom. The first kappa shape index (κ1) is 20.9. The van der Waals surface area contributed by atoms with Gasteiger partial charge in [0.2, 0.25) is 0 Å². The van der Waals surface area contributed by atoms with Gasteiger partial charge in [0.1, 0.15) is 11.4 Å². The van der Waals surface area contributed by atoms with E-state index >= 15 is 0 Å². The summed E-state index contributed by atoms with van der Waals surface area (Å²) in [7, 11) is 4.93. The number of hydrogen-bond donors (Lipinski definition) is 1. The number of ether oxygens (including phenoxy) is 2. The lowest BCUT2D eigenvalue weighted by Gasteiger charge is -2.11. The van der Waals surface area contributed by atoms with Crippen LogP contribution in [0.3, 0.4) is 0 Å². The van der Waals surface area contributed by atoms with Gasteiger partial charge >= 0.3 is 5.69 Å². The van der Waals surface area contributed by atoms with Gasteiger partial charge in [0.25, 0.3) is 5.91 Å². The average Bonchev–Trinajstić information content (AvgIpc) is 3.34. The standard InChI is InChI=1S/C21H25N3O4S/c1-23-18(17-6-4-13-29-17)19(20(25)22-11-5-12-27-2)24(21(23)26)14-15-7-9-16(28-3)10-8-15/h4,6-10,13H,5,11-12,14H2,1-3H3,(H,22,25). The van der Waals surface area contributed by atoms with Gasteiger partial charge < -0.3 is 14.8 Å². The molecule has 1 N–H and O–H groups in total. The number of hydrogen-bond acceptors (Lipinski definition) is 5. The highest BCUT2D eigenvalue weighted by Crippen LogP contribution is 2.28. The molecule has 0 aliphatic carbocycles. The number of nitrogens with zero attached hydrogens (tertiary/aromatic N) is 2. The summed E-state index contributed by atoms with van der Waals surface area (Å²) in [5, 5.41) is 4.85. The highest BCUT2D eigenvalue weighted by Gasteiger charge is 2.25. The summed E-state index contributed by atoms with van der Waals surface area (Å²) in [4.78, 5) is 27.0. The summed E-state index contributed by atoms with van der Waals surface area (Å²) in [6, 6.07) is 11.3. The fraction of sp³-hybridized carbons (Fsp3) is 0.333. The maximum absolute atomic E-state index is 13.1. The van der Waals surface area contributed by atoms with E-state index in [4.69, 9.17) is 9.47 Å². The molecule has 0 fully saturated rings. The van der Waals surface area contributed by atoms with Gasteiger partial charge in [0, 0.05) is 27.3 Å². The molecule has 0 aliphatic rings. The molecule has 0 aliphatic heterocycles. The van der Waals surface area contributed by atoms with Gasteiger partial charge in [-0.1, -0.05) is 18.2 Å². The molecule has 0 atom stereocenters. The minimum absolute atomic E-state index is 0.230. The van der Waals surface area contributed by atoms with E-state index in [1.165, 1.54) is 15.9 Å². The Balaban J connectivity index is 2.00. The van der Waals surface area contributed by atoms with Crippen molar-refractivity contribution in [2.24, 2.45) is 7.05 Å². The second-order valence-electron chi connectivity index (χ2n) is 6.55. The first-order valence-electron chi connectivity index (χ1n) is 9.30.